The standard InChI is InChI=1S/C14H22O/c1-3-4-5-6-9-12-15-14-11-8-7-10-13(14)2/h7-8,10-11H,3-6,9,12H2,1-2H3. The van der Waals surface area contributed by atoms with Crippen LogP contribution >= 0.6 is 0 Å². The minimum Gasteiger partial charge on any atom is -0.493 e. The topological polar surface area (TPSA) is 9.23 Å². The van der Waals surface area contributed by atoms with Crippen molar-refractivity contribution in [2.75, 3.05) is 6.61 Å². The van der Waals surface area contributed by atoms with Gasteiger partial charge in [-0.1, -0.05) is 50.8 Å². The molecule has 0 spiro atoms. The van der Waals surface area contributed by atoms with Crippen molar-refractivity contribution in [2.45, 2.75) is 46.0 Å². The van der Waals surface area contributed by atoms with E-state index in [0.29, 0.717) is 0 Å². The first-order valence-electron chi connectivity index (χ1n) is 6.03. The molecule has 15 heavy (non-hydrogen) atoms. The van der Waals surface area contributed by atoms with E-state index in [1.165, 1.54) is 37.7 Å². The Morgan fingerprint density at radius 2 is 1.73 bits per heavy atom. The van der Waals surface area contributed by atoms with Gasteiger partial charge in [0.2, 0.25) is 0 Å². The van der Waals surface area contributed by atoms with E-state index in [0.717, 1.165) is 12.4 Å². The minimum atomic E-state index is 0.856. The van der Waals surface area contributed by atoms with E-state index in [1.807, 2.05) is 18.2 Å². The largest absolute Gasteiger partial charge is 0.493 e. The maximum atomic E-state index is 5.72. The Morgan fingerprint density at radius 1 is 1.00 bits per heavy atom. The molecule has 1 heteroatoms. The van der Waals surface area contributed by atoms with Gasteiger partial charge in [-0.2, -0.15) is 0 Å². The quantitative estimate of drug-likeness (QED) is 0.603. The number of aryl methyl sites for hydroxylation is 1. The van der Waals surface area contributed by atoms with E-state index in [2.05, 4.69) is 19.9 Å². The van der Waals surface area contributed by atoms with Crippen molar-refractivity contribution in [1.29, 1.82) is 0 Å². The summed E-state index contributed by atoms with van der Waals surface area (Å²) in [5.41, 5.74) is 1.23. The molecule has 0 unspecified atom stereocenters. The summed E-state index contributed by atoms with van der Waals surface area (Å²) in [7, 11) is 0. The Balaban J connectivity index is 2.12. The van der Waals surface area contributed by atoms with E-state index < -0.39 is 0 Å². The van der Waals surface area contributed by atoms with Crippen LogP contribution in [-0.2, 0) is 0 Å². The van der Waals surface area contributed by atoms with Crippen LogP contribution in [-0.4, -0.2) is 6.61 Å². The summed E-state index contributed by atoms with van der Waals surface area (Å²) in [5.74, 6) is 1.04. The molecule has 0 fully saturated rings. The van der Waals surface area contributed by atoms with Gasteiger partial charge in [0.1, 0.15) is 5.75 Å². The molecule has 0 aliphatic rings. The van der Waals surface area contributed by atoms with E-state index in [-0.39, 0.29) is 0 Å². The zero-order chi connectivity index (χ0) is 10.9. The first-order valence-corrected chi connectivity index (χ1v) is 6.03. The molecule has 0 N–H and O–H groups in total. The van der Waals surface area contributed by atoms with Crippen LogP contribution in [0, 0.1) is 6.92 Å². The molecule has 0 bridgehead atoms. The molecule has 0 radical (unpaired) electrons. The van der Waals surface area contributed by atoms with Gasteiger partial charge in [-0.05, 0) is 25.0 Å². The van der Waals surface area contributed by atoms with Crippen molar-refractivity contribution >= 4 is 0 Å². The number of hydrogen-bond acceptors (Lipinski definition) is 1. The van der Waals surface area contributed by atoms with Crippen molar-refractivity contribution in [2.24, 2.45) is 0 Å². The van der Waals surface area contributed by atoms with Crippen LogP contribution in [0.3, 0.4) is 0 Å². The van der Waals surface area contributed by atoms with Crippen LogP contribution in [0.2, 0.25) is 0 Å². The average molecular weight is 206 g/mol. The van der Waals surface area contributed by atoms with Gasteiger partial charge in [0.05, 0.1) is 6.61 Å². The van der Waals surface area contributed by atoms with Gasteiger partial charge in [0.15, 0.2) is 0 Å². The number of benzene rings is 1. The zero-order valence-electron chi connectivity index (χ0n) is 9.96. The van der Waals surface area contributed by atoms with Gasteiger partial charge in [-0.25, -0.2) is 0 Å². The van der Waals surface area contributed by atoms with Gasteiger partial charge >= 0.3 is 0 Å². The fraction of sp³-hybridized carbons (Fsp3) is 0.571. The monoisotopic (exact) mass is 206 g/mol. The molecule has 1 nitrogen and oxygen atoms in total. The Kier molecular flexibility index (Phi) is 5.91. The lowest BCUT2D eigenvalue weighted by atomic mass is 10.2. The third-order valence-corrected chi connectivity index (χ3v) is 2.60. The maximum absolute atomic E-state index is 5.72. The van der Waals surface area contributed by atoms with Crippen LogP contribution < -0.4 is 4.74 Å². The second-order valence-electron chi connectivity index (χ2n) is 4.03. The normalized spacial score (nSPS) is 10.3. The Labute approximate surface area is 93.5 Å². The molecule has 0 saturated heterocycles. The molecule has 0 saturated carbocycles. The third-order valence-electron chi connectivity index (χ3n) is 2.60. The molecule has 0 aliphatic carbocycles. The number of para-hydroxylation sites is 1. The number of hydrogen-bond donors (Lipinski definition) is 0. The fourth-order valence-electron chi connectivity index (χ4n) is 1.61. The van der Waals surface area contributed by atoms with Crippen LogP contribution in [0.4, 0.5) is 0 Å². The number of rotatable bonds is 7. The average Bonchev–Trinajstić information content (AvgIpc) is 2.25. The molecule has 1 rings (SSSR count). The van der Waals surface area contributed by atoms with Crippen molar-refractivity contribution in [1.82, 2.24) is 0 Å². The van der Waals surface area contributed by atoms with Crippen LogP contribution in [0.15, 0.2) is 24.3 Å². The predicted octanol–water partition coefficient (Wildman–Crippen LogP) is 4.34. The SMILES string of the molecule is CCCCCCCOc1ccccc1C. The highest BCUT2D eigenvalue weighted by molar-refractivity contribution is 5.31. The Morgan fingerprint density at radius 3 is 2.47 bits per heavy atom. The van der Waals surface area contributed by atoms with Gasteiger partial charge in [0.25, 0.3) is 0 Å². The molecule has 0 amide bonds. The van der Waals surface area contributed by atoms with Crippen molar-refractivity contribution < 1.29 is 4.74 Å². The molecular weight excluding hydrogens is 184 g/mol. The van der Waals surface area contributed by atoms with E-state index in [9.17, 15) is 0 Å². The summed E-state index contributed by atoms with van der Waals surface area (Å²) < 4.78 is 5.72. The summed E-state index contributed by atoms with van der Waals surface area (Å²) in [4.78, 5) is 0. The van der Waals surface area contributed by atoms with Gasteiger partial charge in [-0.3, -0.25) is 0 Å². The summed E-state index contributed by atoms with van der Waals surface area (Å²) in [6.07, 6.45) is 6.46. The lowest BCUT2D eigenvalue weighted by Gasteiger charge is -2.08. The molecule has 0 aliphatic heterocycles. The Hall–Kier alpha value is -0.980. The third kappa shape index (κ3) is 4.87. The molecule has 1 aromatic rings. The second-order valence-corrected chi connectivity index (χ2v) is 4.03. The van der Waals surface area contributed by atoms with E-state index in [1.54, 1.807) is 0 Å². The van der Waals surface area contributed by atoms with Gasteiger partial charge < -0.3 is 4.74 Å². The highest BCUT2D eigenvalue weighted by Crippen LogP contribution is 2.16. The minimum absolute atomic E-state index is 0.856. The first-order chi connectivity index (χ1) is 7.34. The molecule has 1 aromatic carbocycles. The van der Waals surface area contributed by atoms with Crippen molar-refractivity contribution in [3.8, 4) is 5.75 Å². The zero-order valence-corrected chi connectivity index (χ0v) is 9.96. The first kappa shape index (κ1) is 12.1. The summed E-state index contributed by atoms with van der Waals surface area (Å²) in [5, 5.41) is 0. The number of ether oxygens (including phenoxy) is 1. The fourth-order valence-corrected chi connectivity index (χ4v) is 1.61. The molecule has 0 aromatic heterocycles. The summed E-state index contributed by atoms with van der Waals surface area (Å²) in [6, 6.07) is 8.21. The second kappa shape index (κ2) is 7.33. The lowest BCUT2D eigenvalue weighted by molar-refractivity contribution is 0.302. The van der Waals surface area contributed by atoms with Crippen molar-refractivity contribution in [3.63, 3.8) is 0 Å². The lowest BCUT2D eigenvalue weighted by Crippen LogP contribution is -1.98. The van der Waals surface area contributed by atoms with Crippen LogP contribution in [0.25, 0.3) is 0 Å². The number of unbranched alkanes of at least 4 members (excludes halogenated alkanes) is 4. The van der Waals surface area contributed by atoms with Gasteiger partial charge in [-0.15, -0.1) is 0 Å². The molecule has 0 heterocycles. The van der Waals surface area contributed by atoms with Crippen LogP contribution in [0.1, 0.15) is 44.6 Å². The highest BCUT2D eigenvalue weighted by atomic mass is 16.5. The summed E-state index contributed by atoms with van der Waals surface area (Å²) >= 11 is 0. The predicted molar refractivity (Wildman–Crippen MR) is 65.4 cm³/mol. The molecule has 84 valence electrons. The van der Waals surface area contributed by atoms with Crippen molar-refractivity contribution in [3.05, 3.63) is 29.8 Å². The Bertz CT molecular complexity index is 268. The van der Waals surface area contributed by atoms with E-state index >= 15 is 0 Å². The smallest absolute Gasteiger partial charge is 0.122 e. The highest BCUT2D eigenvalue weighted by Gasteiger charge is 1.96. The van der Waals surface area contributed by atoms with E-state index in [4.69, 9.17) is 4.74 Å². The van der Waals surface area contributed by atoms with Crippen LogP contribution in [0.5, 0.6) is 5.75 Å². The molecular formula is C14H22O. The molecule has 0 atom stereocenters. The van der Waals surface area contributed by atoms with Gasteiger partial charge in [0, 0.05) is 0 Å². The maximum Gasteiger partial charge on any atom is 0.122 e. The summed E-state index contributed by atoms with van der Waals surface area (Å²) in [6.45, 7) is 5.19.